The Morgan fingerprint density at radius 1 is 1.40 bits per heavy atom. The van der Waals surface area contributed by atoms with Gasteiger partial charge < -0.3 is 10.6 Å². The maximum absolute atomic E-state index is 12.6. The van der Waals surface area contributed by atoms with Crippen molar-refractivity contribution in [3.63, 3.8) is 0 Å². The number of sulfonamides is 1. The Hall–Kier alpha value is -1.44. The molecule has 1 aliphatic rings. The first-order chi connectivity index (χ1) is 11.7. The third kappa shape index (κ3) is 5.03. The van der Waals surface area contributed by atoms with E-state index in [0.29, 0.717) is 18.0 Å². The SMILES string of the molecule is Cc1ccc(S(=O)(=O)N(C)C(C)C)cc1NC(=O)CCC1CCNC1. The molecule has 2 rings (SSSR count). The average molecular weight is 368 g/mol. The van der Waals surface area contributed by atoms with Gasteiger partial charge in [0.1, 0.15) is 0 Å². The molecule has 7 heteroatoms. The largest absolute Gasteiger partial charge is 0.326 e. The van der Waals surface area contributed by atoms with Crippen molar-refractivity contribution in [3.8, 4) is 0 Å². The lowest BCUT2D eigenvalue weighted by Gasteiger charge is -2.21. The van der Waals surface area contributed by atoms with E-state index >= 15 is 0 Å². The van der Waals surface area contributed by atoms with E-state index in [-0.39, 0.29) is 16.8 Å². The first-order valence-corrected chi connectivity index (χ1v) is 10.2. The number of hydrogen-bond donors (Lipinski definition) is 2. The van der Waals surface area contributed by atoms with Crippen LogP contribution >= 0.6 is 0 Å². The van der Waals surface area contributed by atoms with Crippen LogP contribution in [0.15, 0.2) is 23.1 Å². The van der Waals surface area contributed by atoms with Crippen LogP contribution < -0.4 is 10.6 Å². The molecule has 2 N–H and O–H groups in total. The Kier molecular flexibility index (Phi) is 6.59. The van der Waals surface area contributed by atoms with Crippen LogP contribution in [-0.2, 0) is 14.8 Å². The van der Waals surface area contributed by atoms with Crippen LogP contribution in [0.4, 0.5) is 5.69 Å². The minimum absolute atomic E-state index is 0.0678. The van der Waals surface area contributed by atoms with E-state index in [1.807, 2.05) is 20.8 Å². The normalized spacial score (nSPS) is 18.1. The molecule has 1 heterocycles. The highest BCUT2D eigenvalue weighted by Crippen LogP contribution is 2.24. The van der Waals surface area contributed by atoms with Crippen molar-refractivity contribution >= 4 is 21.6 Å². The summed E-state index contributed by atoms with van der Waals surface area (Å²) in [4.78, 5) is 12.4. The molecule has 1 aromatic carbocycles. The Labute approximate surface area is 151 Å². The number of carbonyl (C=O) groups is 1. The van der Waals surface area contributed by atoms with E-state index in [1.165, 1.54) is 4.31 Å². The van der Waals surface area contributed by atoms with Crippen LogP contribution in [0, 0.1) is 12.8 Å². The summed E-state index contributed by atoms with van der Waals surface area (Å²) in [6.45, 7) is 7.51. The Morgan fingerprint density at radius 2 is 2.12 bits per heavy atom. The maximum Gasteiger partial charge on any atom is 0.243 e. The Balaban J connectivity index is 2.09. The standard InChI is InChI=1S/C18H29N3O3S/c1-13(2)21(4)25(23,24)16-7-5-14(3)17(11-16)20-18(22)8-6-15-9-10-19-12-15/h5,7,11,13,15,19H,6,8-10,12H2,1-4H3,(H,20,22). The van der Waals surface area contributed by atoms with Crippen molar-refractivity contribution in [1.29, 1.82) is 0 Å². The Morgan fingerprint density at radius 3 is 2.72 bits per heavy atom. The highest BCUT2D eigenvalue weighted by atomic mass is 32.2. The lowest BCUT2D eigenvalue weighted by molar-refractivity contribution is -0.116. The molecule has 0 aromatic heterocycles. The van der Waals surface area contributed by atoms with E-state index in [9.17, 15) is 13.2 Å². The first-order valence-electron chi connectivity index (χ1n) is 8.81. The van der Waals surface area contributed by atoms with Crippen LogP contribution in [0.3, 0.4) is 0 Å². The zero-order valence-corrected chi connectivity index (χ0v) is 16.3. The fourth-order valence-electron chi connectivity index (χ4n) is 2.85. The first kappa shape index (κ1) is 19.9. The van der Waals surface area contributed by atoms with Crippen molar-refractivity contribution in [2.75, 3.05) is 25.5 Å². The molecule has 1 saturated heterocycles. The van der Waals surface area contributed by atoms with Gasteiger partial charge >= 0.3 is 0 Å². The van der Waals surface area contributed by atoms with Gasteiger partial charge in [-0.05, 0) is 70.3 Å². The smallest absolute Gasteiger partial charge is 0.243 e. The van der Waals surface area contributed by atoms with Gasteiger partial charge in [0, 0.05) is 25.2 Å². The van der Waals surface area contributed by atoms with Gasteiger partial charge in [0.15, 0.2) is 0 Å². The second kappa shape index (κ2) is 8.29. The molecule has 25 heavy (non-hydrogen) atoms. The zero-order valence-electron chi connectivity index (χ0n) is 15.5. The number of anilines is 1. The van der Waals surface area contributed by atoms with E-state index in [2.05, 4.69) is 10.6 Å². The molecular weight excluding hydrogens is 338 g/mol. The van der Waals surface area contributed by atoms with Crippen LogP contribution in [0.1, 0.15) is 38.7 Å². The quantitative estimate of drug-likeness (QED) is 0.775. The van der Waals surface area contributed by atoms with E-state index in [1.54, 1.807) is 25.2 Å². The highest BCUT2D eigenvalue weighted by Gasteiger charge is 2.24. The molecule has 140 valence electrons. The lowest BCUT2D eigenvalue weighted by atomic mass is 10.0. The summed E-state index contributed by atoms with van der Waals surface area (Å²) < 4.78 is 26.6. The summed E-state index contributed by atoms with van der Waals surface area (Å²) >= 11 is 0. The van der Waals surface area contributed by atoms with Gasteiger partial charge in [0.25, 0.3) is 0 Å². The van der Waals surface area contributed by atoms with Gasteiger partial charge in [-0.15, -0.1) is 0 Å². The predicted molar refractivity (Wildman–Crippen MR) is 100 cm³/mol. The minimum Gasteiger partial charge on any atom is -0.326 e. The number of hydrogen-bond acceptors (Lipinski definition) is 4. The monoisotopic (exact) mass is 367 g/mol. The number of aryl methyl sites for hydroxylation is 1. The molecule has 0 spiro atoms. The van der Waals surface area contributed by atoms with Gasteiger partial charge in [0.05, 0.1) is 4.90 Å². The number of nitrogens with zero attached hydrogens (tertiary/aromatic N) is 1. The number of rotatable bonds is 7. The molecule has 1 amide bonds. The number of amides is 1. The molecule has 1 atom stereocenters. The van der Waals surface area contributed by atoms with Gasteiger partial charge in [-0.2, -0.15) is 4.31 Å². The van der Waals surface area contributed by atoms with Crippen molar-refractivity contribution in [2.24, 2.45) is 5.92 Å². The predicted octanol–water partition coefficient (Wildman–Crippen LogP) is 2.35. The molecule has 6 nitrogen and oxygen atoms in total. The number of nitrogens with one attached hydrogen (secondary N) is 2. The molecule has 0 bridgehead atoms. The van der Waals surface area contributed by atoms with Crippen molar-refractivity contribution in [2.45, 2.75) is 51.0 Å². The number of carbonyl (C=O) groups excluding carboxylic acids is 1. The minimum atomic E-state index is -3.56. The van der Waals surface area contributed by atoms with Crippen molar-refractivity contribution in [3.05, 3.63) is 23.8 Å². The molecule has 1 unspecified atom stereocenters. The highest BCUT2D eigenvalue weighted by molar-refractivity contribution is 7.89. The fourth-order valence-corrected chi connectivity index (χ4v) is 4.24. The van der Waals surface area contributed by atoms with Gasteiger partial charge in [-0.25, -0.2) is 8.42 Å². The van der Waals surface area contributed by atoms with Crippen molar-refractivity contribution in [1.82, 2.24) is 9.62 Å². The van der Waals surface area contributed by atoms with Gasteiger partial charge in [-0.1, -0.05) is 6.07 Å². The molecule has 0 radical (unpaired) electrons. The van der Waals surface area contributed by atoms with Gasteiger partial charge in [0.2, 0.25) is 15.9 Å². The molecular formula is C18H29N3O3S. The van der Waals surface area contributed by atoms with Crippen LogP contribution in [0.5, 0.6) is 0 Å². The fraction of sp³-hybridized carbons (Fsp3) is 0.611. The lowest BCUT2D eigenvalue weighted by Crippen LogP contribution is -2.33. The second-order valence-corrected chi connectivity index (χ2v) is 9.03. The molecule has 1 aliphatic heterocycles. The van der Waals surface area contributed by atoms with E-state index < -0.39 is 10.0 Å². The molecule has 1 fully saturated rings. The average Bonchev–Trinajstić information content (AvgIpc) is 3.07. The zero-order chi connectivity index (χ0) is 18.6. The Bertz CT molecular complexity index is 710. The molecule has 0 saturated carbocycles. The van der Waals surface area contributed by atoms with Crippen LogP contribution in [0.25, 0.3) is 0 Å². The third-order valence-electron chi connectivity index (χ3n) is 4.83. The number of benzene rings is 1. The van der Waals surface area contributed by atoms with Crippen LogP contribution in [0.2, 0.25) is 0 Å². The summed E-state index contributed by atoms with van der Waals surface area (Å²) in [6, 6.07) is 4.74. The summed E-state index contributed by atoms with van der Waals surface area (Å²) in [5, 5.41) is 6.17. The summed E-state index contributed by atoms with van der Waals surface area (Å²) in [7, 11) is -2.00. The van der Waals surface area contributed by atoms with Crippen LogP contribution in [-0.4, -0.2) is 44.8 Å². The summed E-state index contributed by atoms with van der Waals surface area (Å²) in [6.07, 6.45) is 2.42. The van der Waals surface area contributed by atoms with E-state index in [0.717, 1.165) is 31.5 Å². The summed E-state index contributed by atoms with van der Waals surface area (Å²) in [5.74, 6) is 0.486. The topological polar surface area (TPSA) is 78.5 Å². The summed E-state index contributed by atoms with van der Waals surface area (Å²) in [5.41, 5.74) is 1.41. The van der Waals surface area contributed by atoms with Crippen molar-refractivity contribution < 1.29 is 13.2 Å². The third-order valence-corrected chi connectivity index (χ3v) is 6.86. The second-order valence-electron chi connectivity index (χ2n) is 7.04. The van der Waals surface area contributed by atoms with Gasteiger partial charge in [-0.3, -0.25) is 4.79 Å². The maximum atomic E-state index is 12.6. The molecule has 1 aromatic rings. The van der Waals surface area contributed by atoms with E-state index in [4.69, 9.17) is 0 Å². The molecule has 0 aliphatic carbocycles.